The number of amides is 2. The van der Waals surface area contributed by atoms with Crippen LogP contribution in [0.25, 0.3) is 0 Å². The van der Waals surface area contributed by atoms with Crippen molar-refractivity contribution in [3.05, 3.63) is 54.0 Å². The molecular formula is C19H23N3O3. The van der Waals surface area contributed by atoms with Crippen LogP contribution in [0.3, 0.4) is 0 Å². The molecule has 0 aliphatic carbocycles. The summed E-state index contributed by atoms with van der Waals surface area (Å²) in [6.07, 6.45) is 2.58. The van der Waals surface area contributed by atoms with Crippen LogP contribution in [0.15, 0.2) is 47.1 Å². The predicted molar refractivity (Wildman–Crippen MR) is 93.5 cm³/mol. The van der Waals surface area contributed by atoms with E-state index in [4.69, 9.17) is 9.15 Å². The van der Waals surface area contributed by atoms with Crippen LogP contribution >= 0.6 is 0 Å². The van der Waals surface area contributed by atoms with Gasteiger partial charge in [-0.2, -0.15) is 0 Å². The van der Waals surface area contributed by atoms with Gasteiger partial charge in [0.1, 0.15) is 17.6 Å². The number of carbonyl (C=O) groups is 1. The monoisotopic (exact) mass is 341 g/mol. The van der Waals surface area contributed by atoms with Crippen LogP contribution in [0.2, 0.25) is 0 Å². The van der Waals surface area contributed by atoms with E-state index in [1.54, 1.807) is 6.26 Å². The van der Waals surface area contributed by atoms with Gasteiger partial charge in [0.15, 0.2) is 0 Å². The first-order valence-corrected chi connectivity index (χ1v) is 8.80. The molecule has 1 unspecified atom stereocenters. The number of carbonyl (C=O) groups excluding carboxylic acids is 1. The fourth-order valence-electron chi connectivity index (χ4n) is 3.41. The maximum Gasteiger partial charge on any atom is 0.317 e. The Kier molecular flexibility index (Phi) is 4.61. The normalized spacial score (nSPS) is 20.2. The highest BCUT2D eigenvalue weighted by atomic mass is 16.5. The Morgan fingerprint density at radius 2 is 1.96 bits per heavy atom. The van der Waals surface area contributed by atoms with Crippen molar-refractivity contribution in [1.29, 1.82) is 0 Å². The van der Waals surface area contributed by atoms with E-state index < -0.39 is 0 Å². The van der Waals surface area contributed by atoms with Crippen LogP contribution in [-0.4, -0.2) is 54.7 Å². The average molecular weight is 341 g/mol. The number of urea groups is 1. The highest BCUT2D eigenvalue weighted by Gasteiger charge is 2.25. The summed E-state index contributed by atoms with van der Waals surface area (Å²) in [5.74, 6) is 1.91. The quantitative estimate of drug-likeness (QED) is 0.925. The molecule has 1 N–H and O–H groups in total. The molecule has 0 saturated carbocycles. The number of rotatable bonds is 4. The second-order valence-electron chi connectivity index (χ2n) is 6.58. The van der Waals surface area contributed by atoms with Gasteiger partial charge in [-0.3, -0.25) is 4.90 Å². The van der Waals surface area contributed by atoms with Gasteiger partial charge >= 0.3 is 6.03 Å². The fourth-order valence-corrected chi connectivity index (χ4v) is 3.41. The van der Waals surface area contributed by atoms with Gasteiger partial charge in [-0.05, 0) is 23.8 Å². The smallest absolute Gasteiger partial charge is 0.317 e. The second-order valence-corrected chi connectivity index (χ2v) is 6.58. The molecule has 0 spiro atoms. The van der Waals surface area contributed by atoms with Crippen molar-refractivity contribution in [3.8, 4) is 5.75 Å². The number of para-hydroxylation sites is 1. The van der Waals surface area contributed by atoms with Gasteiger partial charge in [0, 0.05) is 32.6 Å². The lowest BCUT2D eigenvalue weighted by Gasteiger charge is -2.34. The van der Waals surface area contributed by atoms with Gasteiger partial charge in [-0.15, -0.1) is 0 Å². The van der Waals surface area contributed by atoms with Crippen LogP contribution in [0, 0.1) is 0 Å². The molecule has 4 rings (SSSR count). The van der Waals surface area contributed by atoms with Crippen molar-refractivity contribution < 1.29 is 13.9 Å². The maximum atomic E-state index is 12.4. The Labute approximate surface area is 147 Å². The molecule has 1 fully saturated rings. The van der Waals surface area contributed by atoms with Crippen LogP contribution in [0.5, 0.6) is 5.75 Å². The van der Waals surface area contributed by atoms with Crippen molar-refractivity contribution >= 4 is 6.03 Å². The van der Waals surface area contributed by atoms with Crippen LogP contribution in [0.1, 0.15) is 11.3 Å². The molecule has 6 nitrogen and oxygen atoms in total. The summed E-state index contributed by atoms with van der Waals surface area (Å²) in [5, 5.41) is 3.01. The number of benzene rings is 1. The van der Waals surface area contributed by atoms with Gasteiger partial charge in [-0.1, -0.05) is 18.2 Å². The first-order chi connectivity index (χ1) is 12.3. The molecule has 132 valence electrons. The lowest BCUT2D eigenvalue weighted by Crippen LogP contribution is -2.52. The van der Waals surface area contributed by atoms with Crippen molar-refractivity contribution in [2.75, 3.05) is 32.7 Å². The van der Waals surface area contributed by atoms with E-state index in [1.807, 2.05) is 35.2 Å². The highest BCUT2D eigenvalue weighted by Crippen LogP contribution is 2.27. The zero-order valence-electron chi connectivity index (χ0n) is 14.2. The number of fused-ring (bicyclic) bond motifs is 1. The van der Waals surface area contributed by atoms with Crippen molar-refractivity contribution in [3.63, 3.8) is 0 Å². The van der Waals surface area contributed by atoms with Crippen molar-refractivity contribution in [2.45, 2.75) is 19.1 Å². The summed E-state index contributed by atoms with van der Waals surface area (Å²) in [5.41, 5.74) is 1.22. The van der Waals surface area contributed by atoms with Gasteiger partial charge in [0.05, 0.1) is 19.4 Å². The molecule has 2 aliphatic heterocycles. The lowest BCUT2D eigenvalue weighted by atomic mass is 10.1. The van der Waals surface area contributed by atoms with Gasteiger partial charge < -0.3 is 19.4 Å². The number of nitrogens with one attached hydrogen (secondary N) is 1. The molecule has 3 heterocycles. The molecule has 2 amide bonds. The molecule has 6 heteroatoms. The summed E-state index contributed by atoms with van der Waals surface area (Å²) in [7, 11) is 0. The first kappa shape index (κ1) is 16.0. The molecule has 1 aromatic carbocycles. The molecule has 25 heavy (non-hydrogen) atoms. The topological polar surface area (TPSA) is 58.0 Å². The minimum Gasteiger partial charge on any atom is -0.488 e. The number of ether oxygens (including phenoxy) is 1. The maximum absolute atomic E-state index is 12.4. The van der Waals surface area contributed by atoms with Gasteiger partial charge in [0.25, 0.3) is 0 Å². The van der Waals surface area contributed by atoms with E-state index in [0.717, 1.165) is 50.7 Å². The minimum absolute atomic E-state index is 0.00259. The zero-order valence-corrected chi connectivity index (χ0v) is 14.2. The Hall–Kier alpha value is -2.47. The zero-order chi connectivity index (χ0) is 17.1. The Bertz CT molecular complexity index is 683. The molecule has 2 aliphatic rings. The third-order valence-corrected chi connectivity index (χ3v) is 4.81. The third kappa shape index (κ3) is 3.79. The van der Waals surface area contributed by atoms with Crippen LogP contribution in [-0.2, 0) is 13.0 Å². The van der Waals surface area contributed by atoms with E-state index in [-0.39, 0.29) is 12.1 Å². The predicted octanol–water partition coefficient (Wildman–Crippen LogP) is 2.11. The van der Waals surface area contributed by atoms with Gasteiger partial charge in [-0.25, -0.2) is 4.79 Å². The van der Waals surface area contributed by atoms with Crippen LogP contribution in [0.4, 0.5) is 4.79 Å². The van der Waals surface area contributed by atoms with E-state index in [9.17, 15) is 4.79 Å². The molecular weight excluding hydrogens is 318 g/mol. The first-order valence-electron chi connectivity index (χ1n) is 8.80. The standard InChI is InChI=1S/C19H23N3O3/c23-19(20-13-17-12-15-4-1-2-6-18(15)25-17)22-9-7-21(8-10-22)14-16-5-3-11-24-16/h1-6,11,17H,7-10,12-14H2,(H,20,23). The van der Waals surface area contributed by atoms with E-state index in [0.29, 0.717) is 6.54 Å². The van der Waals surface area contributed by atoms with Crippen LogP contribution < -0.4 is 10.1 Å². The number of furan rings is 1. The molecule has 1 aromatic heterocycles. The molecule has 1 atom stereocenters. The van der Waals surface area contributed by atoms with Crippen molar-refractivity contribution in [2.24, 2.45) is 0 Å². The number of nitrogens with zero attached hydrogens (tertiary/aromatic N) is 2. The second kappa shape index (κ2) is 7.19. The molecule has 0 radical (unpaired) electrons. The summed E-state index contributed by atoms with van der Waals surface area (Å²) in [6, 6.07) is 11.9. The molecule has 1 saturated heterocycles. The van der Waals surface area contributed by atoms with E-state index >= 15 is 0 Å². The molecule has 2 aromatic rings. The van der Waals surface area contributed by atoms with E-state index in [1.165, 1.54) is 5.56 Å². The summed E-state index contributed by atoms with van der Waals surface area (Å²) in [4.78, 5) is 16.6. The van der Waals surface area contributed by atoms with Gasteiger partial charge in [0.2, 0.25) is 0 Å². The average Bonchev–Trinajstić information content (AvgIpc) is 3.29. The summed E-state index contributed by atoms with van der Waals surface area (Å²) >= 11 is 0. The third-order valence-electron chi connectivity index (χ3n) is 4.81. The summed E-state index contributed by atoms with van der Waals surface area (Å²) in [6.45, 7) is 4.53. The largest absolute Gasteiger partial charge is 0.488 e. The highest BCUT2D eigenvalue weighted by molar-refractivity contribution is 5.74. The minimum atomic E-state index is -0.00259. The van der Waals surface area contributed by atoms with E-state index in [2.05, 4.69) is 16.3 Å². The SMILES string of the molecule is O=C(NCC1Cc2ccccc2O1)N1CCN(Cc2ccco2)CC1. The molecule has 0 bridgehead atoms. The fraction of sp³-hybridized carbons (Fsp3) is 0.421. The Balaban J connectivity index is 1.20. The lowest BCUT2D eigenvalue weighted by molar-refractivity contribution is 0.127. The number of hydrogen-bond acceptors (Lipinski definition) is 4. The number of piperazine rings is 1. The summed E-state index contributed by atoms with van der Waals surface area (Å²) < 4.78 is 11.3. The Morgan fingerprint density at radius 3 is 2.72 bits per heavy atom. The Morgan fingerprint density at radius 1 is 1.12 bits per heavy atom. The number of hydrogen-bond donors (Lipinski definition) is 1. The van der Waals surface area contributed by atoms with Crippen molar-refractivity contribution in [1.82, 2.24) is 15.1 Å².